The van der Waals surface area contributed by atoms with Crippen molar-refractivity contribution in [3.8, 4) is 11.5 Å². The zero-order valence-corrected chi connectivity index (χ0v) is 7.44. The van der Waals surface area contributed by atoms with Crippen LogP contribution in [0.1, 0.15) is 0 Å². The summed E-state index contributed by atoms with van der Waals surface area (Å²) in [5.41, 5.74) is 0. The highest BCUT2D eigenvalue weighted by molar-refractivity contribution is 7.94. The first-order valence-corrected chi connectivity index (χ1v) is 4.27. The van der Waals surface area contributed by atoms with Crippen LogP contribution in [0.2, 0.25) is 0 Å². The van der Waals surface area contributed by atoms with Gasteiger partial charge in [-0.25, -0.2) is 4.39 Å². The fraction of sp³-hybridized carbons (Fsp3) is 0.250. The maximum atomic E-state index is 11.7. The van der Waals surface area contributed by atoms with Crippen LogP contribution in [0.15, 0.2) is 24.3 Å². The number of hydrogen-bond acceptors (Lipinski definition) is 3. The van der Waals surface area contributed by atoms with Gasteiger partial charge in [-0.1, -0.05) is 6.07 Å². The Morgan fingerprint density at radius 3 is 2.83 bits per heavy atom. The summed E-state index contributed by atoms with van der Waals surface area (Å²) < 4.78 is 21.6. The van der Waals surface area contributed by atoms with Crippen LogP contribution in [0.3, 0.4) is 0 Å². The van der Waals surface area contributed by atoms with Crippen LogP contribution in [0, 0.1) is 0 Å². The molecule has 0 amide bonds. The van der Waals surface area contributed by atoms with E-state index in [1.807, 2.05) is 0 Å². The minimum atomic E-state index is -0.558. The van der Waals surface area contributed by atoms with Gasteiger partial charge < -0.3 is 8.92 Å². The fourth-order valence-electron chi connectivity index (χ4n) is 0.743. The third-order valence-electron chi connectivity index (χ3n) is 1.24. The van der Waals surface area contributed by atoms with Crippen LogP contribution in [0.5, 0.6) is 11.5 Å². The Labute approximate surface area is 74.9 Å². The zero-order chi connectivity index (χ0) is 8.81. The Bertz CT molecular complexity index is 242. The minimum Gasteiger partial charge on any atom is -0.497 e. The van der Waals surface area contributed by atoms with Crippen molar-refractivity contribution in [3.05, 3.63) is 24.3 Å². The monoisotopic (exact) mass is 188 g/mol. The van der Waals surface area contributed by atoms with Gasteiger partial charge in [0.1, 0.15) is 11.5 Å². The quantitative estimate of drug-likeness (QED) is 0.677. The van der Waals surface area contributed by atoms with Gasteiger partial charge in [0, 0.05) is 6.07 Å². The van der Waals surface area contributed by atoms with E-state index in [1.165, 1.54) is 0 Å². The first-order chi connectivity index (χ1) is 5.86. The highest BCUT2D eigenvalue weighted by Gasteiger charge is 1.96. The van der Waals surface area contributed by atoms with Crippen molar-refractivity contribution in [1.29, 1.82) is 0 Å². The number of alkyl halides is 1. The molecule has 0 spiro atoms. The summed E-state index contributed by atoms with van der Waals surface area (Å²) in [7, 11) is 1.57. The topological polar surface area (TPSA) is 18.5 Å². The van der Waals surface area contributed by atoms with Crippen LogP contribution in [0.25, 0.3) is 0 Å². The molecule has 0 unspecified atom stereocenters. The Morgan fingerprint density at radius 1 is 1.42 bits per heavy atom. The number of benzene rings is 1. The van der Waals surface area contributed by atoms with Crippen molar-refractivity contribution in [1.82, 2.24) is 0 Å². The molecule has 1 aromatic rings. The molecule has 0 saturated carbocycles. The van der Waals surface area contributed by atoms with Gasteiger partial charge >= 0.3 is 0 Å². The second-order valence-corrected chi connectivity index (χ2v) is 2.61. The zero-order valence-electron chi connectivity index (χ0n) is 6.62. The van der Waals surface area contributed by atoms with Crippen molar-refractivity contribution < 1.29 is 13.3 Å². The van der Waals surface area contributed by atoms with Crippen LogP contribution in [0.4, 0.5) is 4.39 Å². The molecule has 1 rings (SSSR count). The summed E-state index contributed by atoms with van der Waals surface area (Å²) in [6.07, 6.45) is 0. The molecule has 0 N–H and O–H groups in total. The fourth-order valence-corrected chi connectivity index (χ4v) is 1.03. The number of rotatable bonds is 4. The van der Waals surface area contributed by atoms with Crippen LogP contribution in [-0.2, 0) is 0 Å². The Balaban J connectivity index is 2.60. The van der Waals surface area contributed by atoms with Gasteiger partial charge in [-0.05, 0) is 12.1 Å². The van der Waals surface area contributed by atoms with Crippen LogP contribution in [-0.4, -0.2) is 13.1 Å². The lowest BCUT2D eigenvalue weighted by Gasteiger charge is -2.03. The van der Waals surface area contributed by atoms with E-state index in [0.29, 0.717) is 11.5 Å². The van der Waals surface area contributed by atoms with E-state index >= 15 is 0 Å². The first kappa shape index (κ1) is 9.19. The van der Waals surface area contributed by atoms with Crippen LogP contribution < -0.4 is 8.92 Å². The Hall–Kier alpha value is -0.900. The lowest BCUT2D eigenvalue weighted by molar-refractivity contribution is 0.413. The molecule has 0 aliphatic rings. The van der Waals surface area contributed by atoms with Crippen LogP contribution >= 0.6 is 12.0 Å². The molecule has 0 aliphatic carbocycles. The molecule has 0 aromatic heterocycles. The molecule has 0 fully saturated rings. The van der Waals surface area contributed by atoms with Crippen molar-refractivity contribution in [2.24, 2.45) is 0 Å². The molecular formula is C8H9FO2S. The van der Waals surface area contributed by atoms with Crippen molar-refractivity contribution in [2.45, 2.75) is 0 Å². The van der Waals surface area contributed by atoms with Crippen molar-refractivity contribution in [2.75, 3.05) is 13.1 Å². The van der Waals surface area contributed by atoms with E-state index in [-0.39, 0.29) is 0 Å². The van der Waals surface area contributed by atoms with Gasteiger partial charge in [-0.3, -0.25) is 0 Å². The van der Waals surface area contributed by atoms with E-state index in [4.69, 9.17) is 8.92 Å². The highest BCUT2D eigenvalue weighted by atomic mass is 32.2. The average Bonchev–Trinajstić information content (AvgIpc) is 2.15. The predicted molar refractivity (Wildman–Crippen MR) is 47.2 cm³/mol. The molecule has 0 atom stereocenters. The van der Waals surface area contributed by atoms with Gasteiger partial charge in [0.15, 0.2) is 6.01 Å². The second kappa shape index (κ2) is 4.87. The maximum absolute atomic E-state index is 11.7. The molecule has 0 heterocycles. The van der Waals surface area contributed by atoms with Crippen molar-refractivity contribution in [3.63, 3.8) is 0 Å². The summed E-state index contributed by atoms with van der Waals surface area (Å²) in [5.74, 6) is 1.30. The average molecular weight is 188 g/mol. The lowest BCUT2D eigenvalue weighted by Crippen LogP contribution is -1.84. The van der Waals surface area contributed by atoms with Gasteiger partial charge in [0.25, 0.3) is 0 Å². The van der Waals surface area contributed by atoms with E-state index < -0.39 is 6.01 Å². The van der Waals surface area contributed by atoms with E-state index in [2.05, 4.69) is 0 Å². The normalized spacial score (nSPS) is 9.50. The molecule has 4 heteroatoms. The molecule has 0 radical (unpaired) electrons. The summed E-state index contributed by atoms with van der Waals surface area (Å²) in [6, 6.07) is 6.46. The number of ether oxygens (including phenoxy) is 1. The molecule has 2 nitrogen and oxygen atoms in total. The lowest BCUT2D eigenvalue weighted by atomic mass is 10.3. The van der Waals surface area contributed by atoms with Gasteiger partial charge in [-0.2, -0.15) is 0 Å². The number of halogens is 1. The molecule has 1 aromatic carbocycles. The molecular weight excluding hydrogens is 179 g/mol. The van der Waals surface area contributed by atoms with Crippen molar-refractivity contribution >= 4 is 12.0 Å². The highest BCUT2D eigenvalue weighted by Crippen LogP contribution is 2.21. The van der Waals surface area contributed by atoms with Gasteiger partial charge in [0.2, 0.25) is 0 Å². The molecule has 0 aliphatic heterocycles. The summed E-state index contributed by atoms with van der Waals surface area (Å²) in [4.78, 5) is 0. The molecule has 12 heavy (non-hydrogen) atoms. The minimum absolute atomic E-state index is 0.558. The first-order valence-electron chi connectivity index (χ1n) is 3.36. The third-order valence-corrected chi connectivity index (χ3v) is 1.64. The molecule has 66 valence electrons. The Morgan fingerprint density at radius 2 is 2.17 bits per heavy atom. The summed E-state index contributed by atoms with van der Waals surface area (Å²) >= 11 is 0.758. The third kappa shape index (κ3) is 2.62. The summed E-state index contributed by atoms with van der Waals surface area (Å²) in [6.45, 7) is 0. The molecule has 0 bridgehead atoms. The SMILES string of the molecule is COc1cccc(OSCF)c1. The van der Waals surface area contributed by atoms with E-state index in [0.717, 1.165) is 12.0 Å². The largest absolute Gasteiger partial charge is 0.497 e. The predicted octanol–water partition coefficient (Wildman–Crippen LogP) is 2.65. The number of hydrogen-bond donors (Lipinski definition) is 0. The molecule has 0 saturated heterocycles. The standard InChI is InChI=1S/C8H9FO2S/c1-10-7-3-2-4-8(5-7)11-12-6-9/h2-5H,6H2,1H3. The number of methoxy groups -OCH3 is 1. The summed E-state index contributed by atoms with van der Waals surface area (Å²) in [5, 5.41) is 0. The second-order valence-electron chi connectivity index (χ2n) is 1.99. The Kier molecular flexibility index (Phi) is 3.73. The smallest absolute Gasteiger partial charge is 0.172 e. The maximum Gasteiger partial charge on any atom is 0.172 e. The van der Waals surface area contributed by atoms with E-state index in [1.54, 1.807) is 31.4 Å². The van der Waals surface area contributed by atoms with E-state index in [9.17, 15) is 4.39 Å². The van der Waals surface area contributed by atoms with Gasteiger partial charge in [-0.15, -0.1) is 0 Å². The van der Waals surface area contributed by atoms with Gasteiger partial charge in [0.05, 0.1) is 19.2 Å².